The maximum Gasteiger partial charge on any atom is 0.410 e. The van der Waals surface area contributed by atoms with E-state index in [0.717, 1.165) is 5.56 Å². The SMILES string of the molecule is COC(=O)C1(OC)CN(C(=O)OCc2ccccc2)[C@H]1C. The fourth-order valence-corrected chi connectivity index (χ4v) is 2.41. The Bertz CT molecular complexity index is 518. The molecule has 0 radical (unpaired) electrons. The third-order valence-electron chi connectivity index (χ3n) is 3.88. The zero-order valence-electron chi connectivity index (χ0n) is 12.4. The highest BCUT2D eigenvalue weighted by Crippen LogP contribution is 2.34. The summed E-state index contributed by atoms with van der Waals surface area (Å²) >= 11 is 0. The van der Waals surface area contributed by atoms with E-state index >= 15 is 0 Å². The van der Waals surface area contributed by atoms with E-state index in [1.807, 2.05) is 30.3 Å². The summed E-state index contributed by atoms with van der Waals surface area (Å²) in [4.78, 5) is 25.2. The number of amides is 1. The van der Waals surface area contributed by atoms with Crippen molar-refractivity contribution in [1.29, 1.82) is 0 Å². The number of nitrogens with zero attached hydrogens (tertiary/aromatic N) is 1. The molecule has 114 valence electrons. The predicted octanol–water partition coefficient (Wildman–Crippen LogP) is 1.59. The minimum Gasteiger partial charge on any atom is -0.467 e. The zero-order valence-corrected chi connectivity index (χ0v) is 12.4. The molecule has 0 saturated carbocycles. The van der Waals surface area contributed by atoms with Crippen LogP contribution >= 0.6 is 0 Å². The van der Waals surface area contributed by atoms with Crippen LogP contribution in [-0.2, 0) is 25.6 Å². The summed E-state index contributed by atoms with van der Waals surface area (Å²) in [5.74, 6) is -0.482. The Balaban J connectivity index is 1.92. The monoisotopic (exact) mass is 293 g/mol. The molecule has 1 aromatic carbocycles. The van der Waals surface area contributed by atoms with Gasteiger partial charge in [0, 0.05) is 7.11 Å². The first kappa shape index (κ1) is 15.3. The van der Waals surface area contributed by atoms with Crippen LogP contribution in [0.2, 0.25) is 0 Å². The molecular weight excluding hydrogens is 274 g/mol. The number of hydrogen-bond donors (Lipinski definition) is 0. The molecule has 1 unspecified atom stereocenters. The van der Waals surface area contributed by atoms with Gasteiger partial charge in [-0.15, -0.1) is 0 Å². The fraction of sp³-hybridized carbons (Fsp3) is 0.467. The molecule has 1 fully saturated rings. The molecule has 1 amide bonds. The molecule has 1 aliphatic rings. The quantitative estimate of drug-likeness (QED) is 0.789. The highest BCUT2D eigenvalue weighted by molar-refractivity contribution is 5.85. The largest absolute Gasteiger partial charge is 0.467 e. The normalized spacial score (nSPS) is 24.1. The maximum absolute atomic E-state index is 12.0. The number of methoxy groups -OCH3 is 2. The van der Waals surface area contributed by atoms with Crippen molar-refractivity contribution in [2.24, 2.45) is 0 Å². The summed E-state index contributed by atoms with van der Waals surface area (Å²) in [6.45, 7) is 2.06. The van der Waals surface area contributed by atoms with Crippen LogP contribution in [0, 0.1) is 0 Å². The van der Waals surface area contributed by atoms with Crippen molar-refractivity contribution in [2.45, 2.75) is 25.2 Å². The molecule has 0 bridgehead atoms. The van der Waals surface area contributed by atoms with E-state index in [-0.39, 0.29) is 13.2 Å². The number of likely N-dealkylation sites (tertiary alicyclic amines) is 1. The van der Waals surface area contributed by atoms with E-state index in [0.29, 0.717) is 0 Å². The minimum atomic E-state index is -1.10. The van der Waals surface area contributed by atoms with Gasteiger partial charge in [0.2, 0.25) is 5.60 Å². The lowest BCUT2D eigenvalue weighted by Gasteiger charge is -2.51. The van der Waals surface area contributed by atoms with Gasteiger partial charge in [0.1, 0.15) is 6.61 Å². The first-order valence-electron chi connectivity index (χ1n) is 6.66. The number of carbonyl (C=O) groups is 2. The standard InChI is InChI=1S/C15H19NO5/c1-11-15(20-3,13(17)19-2)10-16(11)14(18)21-9-12-7-5-4-6-8-12/h4-8,11H,9-10H2,1-3H3/t11-,15?/m0/s1. The van der Waals surface area contributed by atoms with E-state index in [4.69, 9.17) is 14.2 Å². The molecule has 1 aromatic rings. The van der Waals surface area contributed by atoms with Crippen molar-refractivity contribution in [3.63, 3.8) is 0 Å². The van der Waals surface area contributed by atoms with Gasteiger partial charge in [0.05, 0.1) is 19.7 Å². The van der Waals surface area contributed by atoms with Crippen molar-refractivity contribution in [2.75, 3.05) is 20.8 Å². The van der Waals surface area contributed by atoms with Crippen LogP contribution in [0.3, 0.4) is 0 Å². The molecular formula is C15H19NO5. The van der Waals surface area contributed by atoms with E-state index < -0.39 is 23.7 Å². The van der Waals surface area contributed by atoms with Crippen molar-refractivity contribution in [1.82, 2.24) is 4.90 Å². The Hall–Kier alpha value is -2.08. The Morgan fingerprint density at radius 2 is 1.95 bits per heavy atom. The molecule has 6 heteroatoms. The average Bonchev–Trinajstić information content (AvgIpc) is 2.52. The van der Waals surface area contributed by atoms with Crippen LogP contribution in [0.15, 0.2) is 30.3 Å². The van der Waals surface area contributed by atoms with E-state index in [9.17, 15) is 9.59 Å². The molecule has 2 atom stereocenters. The van der Waals surface area contributed by atoms with Gasteiger partial charge < -0.3 is 14.2 Å². The van der Waals surface area contributed by atoms with Gasteiger partial charge in [-0.2, -0.15) is 0 Å². The lowest BCUT2D eigenvalue weighted by Crippen LogP contribution is -2.74. The first-order valence-corrected chi connectivity index (χ1v) is 6.66. The van der Waals surface area contributed by atoms with Gasteiger partial charge in [-0.25, -0.2) is 9.59 Å². The number of benzene rings is 1. The molecule has 1 heterocycles. The van der Waals surface area contributed by atoms with Crippen LogP contribution in [0.5, 0.6) is 0 Å². The molecule has 1 saturated heterocycles. The van der Waals surface area contributed by atoms with Crippen molar-refractivity contribution in [3.05, 3.63) is 35.9 Å². The summed E-state index contributed by atoms with van der Waals surface area (Å²) < 4.78 is 15.2. The van der Waals surface area contributed by atoms with E-state index in [1.54, 1.807) is 6.92 Å². The molecule has 0 spiro atoms. The van der Waals surface area contributed by atoms with Crippen LogP contribution in [0.1, 0.15) is 12.5 Å². The second kappa shape index (κ2) is 6.13. The van der Waals surface area contributed by atoms with Gasteiger partial charge in [0.15, 0.2) is 0 Å². The summed E-state index contributed by atoms with van der Waals surface area (Å²) in [5, 5.41) is 0. The summed E-state index contributed by atoms with van der Waals surface area (Å²) in [7, 11) is 2.73. The van der Waals surface area contributed by atoms with Gasteiger partial charge in [0.25, 0.3) is 0 Å². The smallest absolute Gasteiger partial charge is 0.410 e. The lowest BCUT2D eigenvalue weighted by atomic mass is 9.84. The third kappa shape index (κ3) is 2.71. The number of esters is 1. The Kier molecular flexibility index (Phi) is 4.47. The van der Waals surface area contributed by atoms with E-state index in [1.165, 1.54) is 19.1 Å². The topological polar surface area (TPSA) is 65.1 Å². The zero-order chi connectivity index (χ0) is 15.5. The average molecular weight is 293 g/mol. The summed E-state index contributed by atoms with van der Waals surface area (Å²) in [6, 6.07) is 8.97. The van der Waals surface area contributed by atoms with Gasteiger partial charge >= 0.3 is 12.1 Å². The van der Waals surface area contributed by atoms with Crippen molar-refractivity contribution >= 4 is 12.1 Å². The lowest BCUT2D eigenvalue weighted by molar-refractivity contribution is -0.198. The van der Waals surface area contributed by atoms with Crippen LogP contribution in [0.4, 0.5) is 4.79 Å². The second-order valence-electron chi connectivity index (χ2n) is 4.93. The minimum absolute atomic E-state index is 0.130. The van der Waals surface area contributed by atoms with Crippen LogP contribution in [-0.4, -0.2) is 49.4 Å². The maximum atomic E-state index is 12.0. The molecule has 6 nitrogen and oxygen atoms in total. The number of ether oxygens (including phenoxy) is 3. The van der Waals surface area contributed by atoms with Gasteiger partial charge in [-0.1, -0.05) is 30.3 Å². The van der Waals surface area contributed by atoms with Crippen molar-refractivity contribution < 1.29 is 23.8 Å². The number of rotatable bonds is 4. The van der Waals surface area contributed by atoms with Crippen LogP contribution in [0.25, 0.3) is 0 Å². The highest BCUT2D eigenvalue weighted by atomic mass is 16.6. The number of carbonyl (C=O) groups excluding carboxylic acids is 2. The fourth-order valence-electron chi connectivity index (χ4n) is 2.41. The van der Waals surface area contributed by atoms with Crippen molar-refractivity contribution in [3.8, 4) is 0 Å². The Morgan fingerprint density at radius 1 is 1.29 bits per heavy atom. The molecule has 1 aliphatic heterocycles. The Morgan fingerprint density at radius 3 is 2.48 bits per heavy atom. The molecule has 2 rings (SSSR count). The third-order valence-corrected chi connectivity index (χ3v) is 3.88. The Labute approximate surface area is 123 Å². The number of hydrogen-bond acceptors (Lipinski definition) is 5. The summed E-state index contributed by atoms with van der Waals surface area (Å²) in [6.07, 6.45) is -0.470. The molecule has 0 aromatic heterocycles. The molecule has 0 aliphatic carbocycles. The van der Waals surface area contributed by atoms with E-state index in [2.05, 4.69) is 0 Å². The second-order valence-corrected chi connectivity index (χ2v) is 4.93. The first-order chi connectivity index (χ1) is 10.0. The van der Waals surface area contributed by atoms with Crippen LogP contribution < -0.4 is 0 Å². The van der Waals surface area contributed by atoms with Gasteiger partial charge in [-0.05, 0) is 12.5 Å². The van der Waals surface area contributed by atoms with Gasteiger partial charge in [-0.3, -0.25) is 4.90 Å². The predicted molar refractivity (Wildman–Crippen MR) is 74.6 cm³/mol. The summed E-state index contributed by atoms with van der Waals surface area (Å²) in [5.41, 5.74) is -0.189. The highest BCUT2D eigenvalue weighted by Gasteiger charge is 2.59. The molecule has 0 N–H and O–H groups in total. The molecule has 21 heavy (non-hydrogen) atoms.